The molecular weight excluding hydrogens is 356 g/mol. The second kappa shape index (κ2) is 5.38. The van der Waals surface area contributed by atoms with Crippen molar-refractivity contribution in [3.05, 3.63) is 29.1 Å². The van der Waals surface area contributed by atoms with Crippen LogP contribution in [0.4, 0.5) is 13.2 Å². The summed E-state index contributed by atoms with van der Waals surface area (Å²) in [6, 6.07) is 0.479. The summed E-state index contributed by atoms with van der Waals surface area (Å²) in [5.41, 5.74) is -0.655. The molecule has 7 heteroatoms. The van der Waals surface area contributed by atoms with E-state index in [1.165, 1.54) is 0 Å². The van der Waals surface area contributed by atoms with E-state index in [-0.39, 0.29) is 0 Å². The number of rotatable bonds is 3. The Morgan fingerprint density at radius 1 is 1.17 bits per heavy atom. The van der Waals surface area contributed by atoms with Crippen LogP contribution >= 0.6 is 0 Å². The number of halogens is 3. The van der Waals surface area contributed by atoms with Gasteiger partial charge in [-0.05, 0) is 0 Å². The van der Waals surface area contributed by atoms with E-state index in [0.29, 0.717) is 6.07 Å². The predicted molar refractivity (Wildman–Crippen MR) is 61.6 cm³/mol. The first kappa shape index (κ1) is 15.1. The zero-order valence-corrected chi connectivity index (χ0v) is 13.3. The molecule has 0 fully saturated rings. The molecule has 100 valence electrons. The van der Waals surface area contributed by atoms with E-state index < -0.39 is 53.5 Å². The van der Waals surface area contributed by atoms with Crippen LogP contribution in [0, 0.1) is 17.5 Å². The fraction of sp³-hybridized carbons (Fsp3) is 0.364. The monoisotopic (exact) mass is 370 g/mol. The van der Waals surface area contributed by atoms with Gasteiger partial charge in [0.25, 0.3) is 0 Å². The molecule has 0 radical (unpaired) electrons. The molecule has 0 aliphatic rings. The van der Waals surface area contributed by atoms with Crippen molar-refractivity contribution in [2.45, 2.75) is 14.8 Å². The van der Waals surface area contributed by atoms with Crippen molar-refractivity contribution in [1.29, 1.82) is 0 Å². The van der Waals surface area contributed by atoms with Crippen LogP contribution in [0.3, 0.4) is 0 Å². The minimum absolute atomic E-state index is 0.479. The molecule has 0 saturated heterocycles. The second-order valence-corrected chi connectivity index (χ2v) is 17.2. The van der Waals surface area contributed by atoms with Crippen LogP contribution in [-0.2, 0) is 3.07 Å². The molecule has 0 spiro atoms. The van der Waals surface area contributed by atoms with Gasteiger partial charge in [-0.3, -0.25) is 0 Å². The Balaban J connectivity index is 3.26. The molecule has 0 bridgehead atoms. The summed E-state index contributed by atoms with van der Waals surface area (Å²) in [5, 5.41) is 0. The standard InChI is InChI=1S/C8H5F3O3.3CH3.Sn/c1-14-7-5(10)3(8(12)13)2-4(9)6(7)11;;;;/h2H,1H3,(H,12,13);3*1H3;/q;;;;+1/p-1. The van der Waals surface area contributed by atoms with Gasteiger partial charge in [-0.15, -0.1) is 0 Å². The first-order valence-corrected chi connectivity index (χ1v) is 14.8. The van der Waals surface area contributed by atoms with Crippen molar-refractivity contribution < 1.29 is 25.8 Å². The average molecular weight is 369 g/mol. The van der Waals surface area contributed by atoms with E-state index in [0.717, 1.165) is 7.11 Å². The number of hydrogen-bond donors (Lipinski definition) is 0. The van der Waals surface area contributed by atoms with Crippen molar-refractivity contribution in [2.24, 2.45) is 0 Å². The quantitative estimate of drug-likeness (QED) is 0.607. The van der Waals surface area contributed by atoms with Crippen LogP contribution < -0.4 is 4.74 Å². The summed E-state index contributed by atoms with van der Waals surface area (Å²) in [6.45, 7) is 0. The number of methoxy groups -OCH3 is 1. The number of carbonyl (C=O) groups is 1. The van der Waals surface area contributed by atoms with E-state index >= 15 is 0 Å². The molecule has 0 aliphatic carbocycles. The molecule has 0 N–H and O–H groups in total. The molecule has 0 aromatic heterocycles. The normalized spacial score (nSPS) is 11.3. The molecule has 0 saturated carbocycles. The maximum absolute atomic E-state index is 13.7. The summed E-state index contributed by atoms with van der Waals surface area (Å²) >= 11 is -2.97. The van der Waals surface area contributed by atoms with E-state index in [2.05, 4.69) is 4.74 Å². The van der Waals surface area contributed by atoms with E-state index in [1.807, 2.05) is 0 Å². The summed E-state index contributed by atoms with van der Waals surface area (Å²) in [4.78, 5) is 17.0. The Morgan fingerprint density at radius 3 is 2.17 bits per heavy atom. The molecule has 3 nitrogen and oxygen atoms in total. The second-order valence-electron chi connectivity index (χ2n) is 4.57. The fourth-order valence-corrected chi connectivity index (χ4v) is 3.14. The van der Waals surface area contributed by atoms with E-state index in [1.54, 1.807) is 14.8 Å². The molecule has 18 heavy (non-hydrogen) atoms. The zero-order chi connectivity index (χ0) is 14.1. The Morgan fingerprint density at radius 2 is 1.72 bits per heavy atom. The summed E-state index contributed by atoms with van der Waals surface area (Å²) in [7, 11) is 0.985. The zero-order valence-electron chi connectivity index (χ0n) is 10.4. The van der Waals surface area contributed by atoms with Gasteiger partial charge in [0.05, 0.1) is 0 Å². The van der Waals surface area contributed by atoms with Gasteiger partial charge in [0, 0.05) is 0 Å². The number of carbonyl (C=O) groups excluding carboxylic acids is 1. The van der Waals surface area contributed by atoms with Crippen LogP contribution in [0.5, 0.6) is 5.75 Å². The Bertz CT molecular complexity index is 483. The van der Waals surface area contributed by atoms with Crippen molar-refractivity contribution >= 4 is 24.8 Å². The van der Waals surface area contributed by atoms with E-state index in [9.17, 15) is 18.0 Å². The first-order chi connectivity index (χ1) is 8.17. The molecule has 0 amide bonds. The number of benzene rings is 1. The van der Waals surface area contributed by atoms with Crippen LogP contribution in [-0.4, -0.2) is 31.9 Å². The molecule has 1 aromatic carbocycles. The Hall–Kier alpha value is -0.921. The van der Waals surface area contributed by atoms with Crippen molar-refractivity contribution in [1.82, 2.24) is 0 Å². The van der Waals surface area contributed by atoms with Gasteiger partial charge >= 0.3 is 107 Å². The molecule has 0 atom stereocenters. The fourth-order valence-electron chi connectivity index (χ4n) is 1.24. The molecule has 1 aromatic rings. The molecule has 0 heterocycles. The van der Waals surface area contributed by atoms with Crippen molar-refractivity contribution in [2.75, 3.05) is 7.11 Å². The summed E-state index contributed by atoms with van der Waals surface area (Å²) < 4.78 is 49.6. The summed E-state index contributed by atoms with van der Waals surface area (Å²) in [6.07, 6.45) is 0. The van der Waals surface area contributed by atoms with Gasteiger partial charge in [-0.25, -0.2) is 0 Å². The van der Waals surface area contributed by atoms with Crippen LogP contribution in [0.25, 0.3) is 0 Å². The van der Waals surface area contributed by atoms with Gasteiger partial charge in [-0.2, -0.15) is 0 Å². The Labute approximate surface area is 107 Å². The van der Waals surface area contributed by atoms with Gasteiger partial charge in [0.15, 0.2) is 0 Å². The van der Waals surface area contributed by atoms with Crippen molar-refractivity contribution in [3.8, 4) is 5.75 Å². The van der Waals surface area contributed by atoms with Gasteiger partial charge < -0.3 is 0 Å². The first-order valence-electron chi connectivity index (χ1n) is 5.12. The minimum atomic E-state index is -2.97. The Kier molecular flexibility index (Phi) is 4.52. The van der Waals surface area contributed by atoms with Gasteiger partial charge in [0.2, 0.25) is 0 Å². The maximum atomic E-state index is 13.7. The van der Waals surface area contributed by atoms with Crippen LogP contribution in [0.15, 0.2) is 6.07 Å². The van der Waals surface area contributed by atoms with Crippen LogP contribution in [0.1, 0.15) is 10.4 Å². The summed E-state index contributed by atoms with van der Waals surface area (Å²) in [5.74, 6) is -5.99. The van der Waals surface area contributed by atoms with Gasteiger partial charge in [0.1, 0.15) is 0 Å². The van der Waals surface area contributed by atoms with Crippen LogP contribution in [0.2, 0.25) is 14.8 Å². The third-order valence-corrected chi connectivity index (χ3v) is 4.22. The third-order valence-electron chi connectivity index (χ3n) is 1.94. The molecular formula is C11H13F3O3Sn. The SMILES string of the molecule is COc1c(F)c(F)cc(C(=O)[O][Sn]([CH3])([CH3])[CH3])c1F. The number of ether oxygens (including phenoxy) is 1. The van der Waals surface area contributed by atoms with E-state index in [4.69, 9.17) is 3.07 Å². The van der Waals surface area contributed by atoms with Gasteiger partial charge in [-0.1, -0.05) is 0 Å². The third kappa shape index (κ3) is 3.30. The van der Waals surface area contributed by atoms with Crippen molar-refractivity contribution in [3.63, 3.8) is 0 Å². The molecule has 0 unspecified atom stereocenters. The topological polar surface area (TPSA) is 35.5 Å². The predicted octanol–water partition coefficient (Wildman–Crippen LogP) is 3.10. The number of hydrogen-bond acceptors (Lipinski definition) is 3. The molecule has 1 rings (SSSR count). The average Bonchev–Trinajstić information content (AvgIpc) is 2.21. The molecule has 0 aliphatic heterocycles.